The van der Waals surface area contributed by atoms with Gasteiger partial charge in [-0.3, -0.25) is 0 Å². The molecule has 0 aromatic heterocycles. The van der Waals surface area contributed by atoms with Crippen LogP contribution >= 0.6 is 0 Å². The summed E-state index contributed by atoms with van der Waals surface area (Å²) in [4.78, 5) is 17.9. The lowest BCUT2D eigenvalue weighted by atomic mass is 10.1. The van der Waals surface area contributed by atoms with Crippen LogP contribution < -0.4 is 19.5 Å². The van der Waals surface area contributed by atoms with Crippen LogP contribution in [0, 0.1) is 0 Å². The van der Waals surface area contributed by atoms with Gasteiger partial charge < -0.3 is 29.3 Å². The summed E-state index contributed by atoms with van der Waals surface area (Å²) in [6.45, 7) is 13.0. The highest BCUT2D eigenvalue weighted by Gasteiger charge is 2.22. The van der Waals surface area contributed by atoms with Crippen LogP contribution in [0.4, 0.5) is 10.5 Å². The molecule has 0 saturated heterocycles. The molecule has 0 heterocycles. The number of carbonyl (C=O) groups is 1. The second-order valence-corrected chi connectivity index (χ2v) is 9.79. The molecule has 7 heteroatoms. The minimum absolute atomic E-state index is 0.0401. The SMILES string of the molecule is CCOc1ccc(NC(=O)N(Cc2ccc(OCc3ccccc3)c(OC)c2)C(C)CCCN(CC)CC)cc1. The van der Waals surface area contributed by atoms with Crippen LogP contribution in [-0.2, 0) is 13.2 Å². The van der Waals surface area contributed by atoms with E-state index >= 15 is 0 Å². The Labute approximate surface area is 240 Å². The smallest absolute Gasteiger partial charge is 0.322 e. The maximum atomic E-state index is 13.6. The standard InChI is InChI=1S/C33H45N3O4/c1-6-35(7-2)22-12-13-26(4)36(33(37)34-29-17-19-30(20-18-29)39-8-3)24-28-16-21-31(32(23-28)38-5)40-25-27-14-10-9-11-15-27/h9-11,14-21,23,26H,6-8,12-13,22,24-25H2,1-5H3,(H,34,37). The topological polar surface area (TPSA) is 63.3 Å². The molecule has 0 saturated carbocycles. The van der Waals surface area contributed by atoms with Gasteiger partial charge in [0.2, 0.25) is 0 Å². The van der Waals surface area contributed by atoms with Gasteiger partial charge in [0, 0.05) is 18.3 Å². The van der Waals surface area contributed by atoms with Gasteiger partial charge >= 0.3 is 6.03 Å². The van der Waals surface area contributed by atoms with Crippen molar-refractivity contribution in [3.63, 3.8) is 0 Å². The first-order chi connectivity index (χ1) is 19.5. The average Bonchev–Trinajstić information content (AvgIpc) is 2.98. The number of hydrogen-bond donors (Lipinski definition) is 1. The van der Waals surface area contributed by atoms with Gasteiger partial charge in [0.05, 0.1) is 13.7 Å². The van der Waals surface area contributed by atoms with Gasteiger partial charge in [-0.2, -0.15) is 0 Å². The van der Waals surface area contributed by atoms with Crippen molar-refractivity contribution in [3.05, 3.63) is 83.9 Å². The third kappa shape index (κ3) is 9.49. The Morgan fingerprint density at radius 3 is 2.25 bits per heavy atom. The summed E-state index contributed by atoms with van der Waals surface area (Å²) in [5.74, 6) is 2.10. The zero-order valence-corrected chi connectivity index (χ0v) is 24.7. The second-order valence-electron chi connectivity index (χ2n) is 9.79. The predicted molar refractivity (Wildman–Crippen MR) is 162 cm³/mol. The largest absolute Gasteiger partial charge is 0.494 e. The van der Waals surface area contributed by atoms with E-state index in [0.29, 0.717) is 31.3 Å². The lowest BCUT2D eigenvalue weighted by Crippen LogP contribution is -2.41. The highest BCUT2D eigenvalue weighted by Crippen LogP contribution is 2.30. The van der Waals surface area contributed by atoms with Crippen molar-refractivity contribution >= 4 is 11.7 Å². The number of hydrogen-bond acceptors (Lipinski definition) is 5. The molecule has 0 bridgehead atoms. The van der Waals surface area contributed by atoms with Crippen LogP contribution in [0.15, 0.2) is 72.8 Å². The van der Waals surface area contributed by atoms with E-state index in [1.807, 2.05) is 84.6 Å². The molecule has 0 radical (unpaired) electrons. The molecular formula is C33H45N3O4. The van der Waals surface area contributed by atoms with Crippen molar-refractivity contribution in [2.75, 3.05) is 38.7 Å². The summed E-state index contributed by atoms with van der Waals surface area (Å²) in [6, 6.07) is 23.3. The summed E-state index contributed by atoms with van der Waals surface area (Å²) >= 11 is 0. The number of carbonyl (C=O) groups excluding carboxylic acids is 1. The van der Waals surface area contributed by atoms with Crippen molar-refractivity contribution in [1.29, 1.82) is 0 Å². The molecule has 0 fully saturated rings. The van der Waals surface area contributed by atoms with Gasteiger partial charge in [-0.05, 0) is 93.8 Å². The molecule has 0 spiro atoms. The van der Waals surface area contributed by atoms with E-state index in [2.05, 4.69) is 31.0 Å². The van der Waals surface area contributed by atoms with E-state index in [1.54, 1.807) is 7.11 Å². The Bertz CT molecular complexity index is 1150. The van der Waals surface area contributed by atoms with E-state index in [9.17, 15) is 4.79 Å². The Kier molecular flexibility index (Phi) is 12.6. The third-order valence-electron chi connectivity index (χ3n) is 7.02. The molecule has 3 rings (SSSR count). The molecular weight excluding hydrogens is 502 g/mol. The molecule has 0 aliphatic rings. The summed E-state index contributed by atoms with van der Waals surface area (Å²) in [5.41, 5.74) is 2.79. The number of nitrogens with one attached hydrogen (secondary N) is 1. The van der Waals surface area contributed by atoms with Crippen LogP contribution in [0.3, 0.4) is 0 Å². The molecule has 216 valence electrons. The fourth-order valence-corrected chi connectivity index (χ4v) is 4.59. The van der Waals surface area contributed by atoms with Gasteiger partial charge in [0.15, 0.2) is 11.5 Å². The quantitative estimate of drug-likeness (QED) is 0.205. The molecule has 0 aliphatic carbocycles. The predicted octanol–water partition coefficient (Wildman–Crippen LogP) is 7.22. The van der Waals surface area contributed by atoms with Crippen LogP contribution in [-0.4, -0.2) is 55.2 Å². The Morgan fingerprint density at radius 1 is 0.875 bits per heavy atom. The van der Waals surface area contributed by atoms with E-state index in [-0.39, 0.29) is 12.1 Å². The number of anilines is 1. The van der Waals surface area contributed by atoms with E-state index < -0.39 is 0 Å². The lowest BCUT2D eigenvalue weighted by Gasteiger charge is -2.30. The van der Waals surface area contributed by atoms with Crippen molar-refractivity contribution in [1.82, 2.24) is 9.80 Å². The van der Waals surface area contributed by atoms with Crippen molar-refractivity contribution < 1.29 is 19.0 Å². The van der Waals surface area contributed by atoms with E-state index in [0.717, 1.165) is 55.0 Å². The fourth-order valence-electron chi connectivity index (χ4n) is 4.59. The zero-order chi connectivity index (χ0) is 28.7. The van der Waals surface area contributed by atoms with Crippen LogP contribution in [0.2, 0.25) is 0 Å². The summed E-state index contributed by atoms with van der Waals surface area (Å²) in [6.07, 6.45) is 1.92. The number of amides is 2. The number of nitrogens with zero attached hydrogens (tertiary/aromatic N) is 2. The monoisotopic (exact) mass is 547 g/mol. The maximum Gasteiger partial charge on any atom is 0.322 e. The number of methoxy groups -OCH3 is 1. The first-order valence-electron chi connectivity index (χ1n) is 14.3. The molecule has 3 aromatic rings. The van der Waals surface area contributed by atoms with Crippen LogP contribution in [0.1, 0.15) is 51.7 Å². The Morgan fingerprint density at radius 2 is 1.60 bits per heavy atom. The molecule has 1 N–H and O–H groups in total. The van der Waals surface area contributed by atoms with Gasteiger partial charge in [-0.15, -0.1) is 0 Å². The molecule has 0 aliphatic heterocycles. The highest BCUT2D eigenvalue weighted by atomic mass is 16.5. The van der Waals surface area contributed by atoms with Crippen molar-refractivity contribution in [2.45, 2.75) is 59.7 Å². The fraction of sp³-hybridized carbons (Fsp3) is 0.424. The van der Waals surface area contributed by atoms with Gasteiger partial charge in [0.25, 0.3) is 0 Å². The first-order valence-corrected chi connectivity index (χ1v) is 14.3. The van der Waals surface area contributed by atoms with Crippen LogP contribution in [0.25, 0.3) is 0 Å². The molecule has 2 amide bonds. The van der Waals surface area contributed by atoms with Crippen molar-refractivity contribution in [3.8, 4) is 17.2 Å². The average molecular weight is 548 g/mol. The molecule has 1 atom stereocenters. The minimum atomic E-state index is -0.136. The number of benzene rings is 3. The lowest BCUT2D eigenvalue weighted by molar-refractivity contribution is 0.180. The van der Waals surface area contributed by atoms with Gasteiger partial charge in [0.1, 0.15) is 12.4 Å². The summed E-state index contributed by atoms with van der Waals surface area (Å²) < 4.78 is 17.2. The Hall–Kier alpha value is -3.71. The van der Waals surface area contributed by atoms with E-state index in [1.165, 1.54) is 0 Å². The summed E-state index contributed by atoms with van der Waals surface area (Å²) in [5, 5.41) is 3.08. The van der Waals surface area contributed by atoms with Gasteiger partial charge in [-0.1, -0.05) is 50.2 Å². The molecule has 3 aromatic carbocycles. The third-order valence-corrected chi connectivity index (χ3v) is 7.02. The first kappa shape index (κ1) is 30.8. The minimum Gasteiger partial charge on any atom is -0.494 e. The zero-order valence-electron chi connectivity index (χ0n) is 24.7. The molecule has 1 unspecified atom stereocenters. The normalized spacial score (nSPS) is 11.7. The number of ether oxygens (including phenoxy) is 3. The maximum absolute atomic E-state index is 13.6. The number of urea groups is 1. The molecule has 7 nitrogen and oxygen atoms in total. The Balaban J connectivity index is 1.74. The van der Waals surface area contributed by atoms with E-state index in [4.69, 9.17) is 14.2 Å². The van der Waals surface area contributed by atoms with Crippen LogP contribution in [0.5, 0.6) is 17.2 Å². The summed E-state index contributed by atoms with van der Waals surface area (Å²) in [7, 11) is 1.64. The second kappa shape index (κ2) is 16.4. The van der Waals surface area contributed by atoms with Crippen molar-refractivity contribution in [2.24, 2.45) is 0 Å². The van der Waals surface area contributed by atoms with Gasteiger partial charge in [-0.25, -0.2) is 4.79 Å². The molecule has 40 heavy (non-hydrogen) atoms. The highest BCUT2D eigenvalue weighted by molar-refractivity contribution is 5.89. The number of rotatable bonds is 16.